The Balaban J connectivity index is 3.21. The number of nitrogens with zero attached hydrogens (tertiary/aromatic N) is 1. The Labute approximate surface area is 120 Å². The second kappa shape index (κ2) is 6.37. The Kier molecular flexibility index (Phi) is 5.35. The highest BCUT2D eigenvalue weighted by Gasteiger charge is 2.33. The zero-order valence-electron chi connectivity index (χ0n) is 9.75. The van der Waals surface area contributed by atoms with Gasteiger partial charge in [-0.2, -0.15) is 0 Å². The summed E-state index contributed by atoms with van der Waals surface area (Å²) in [5.41, 5.74) is 5.79. The average molecular weight is 390 g/mol. The summed E-state index contributed by atoms with van der Waals surface area (Å²) in [4.78, 5) is 15.0. The third-order valence-corrected chi connectivity index (χ3v) is 3.11. The fourth-order valence-corrected chi connectivity index (χ4v) is 2.03. The molecule has 0 aromatic carbocycles. The predicted molar refractivity (Wildman–Crippen MR) is 67.2 cm³/mol. The number of hydrogen-bond donors (Lipinski definition) is 1. The molecule has 0 aliphatic rings. The summed E-state index contributed by atoms with van der Waals surface area (Å²) >= 11 is 1.80. The van der Waals surface area contributed by atoms with E-state index in [0.29, 0.717) is 3.70 Å². The van der Waals surface area contributed by atoms with Gasteiger partial charge in [-0.05, 0) is 22.6 Å². The smallest absolute Gasteiger partial charge is 0.469 e. The third kappa shape index (κ3) is 4.49. The van der Waals surface area contributed by atoms with Crippen molar-refractivity contribution in [1.82, 2.24) is 4.98 Å². The van der Waals surface area contributed by atoms with Crippen LogP contribution in [-0.4, -0.2) is 24.4 Å². The molecule has 0 aliphatic carbocycles. The predicted octanol–water partition coefficient (Wildman–Crippen LogP) is 1.76. The molecule has 0 atom stereocenters. The van der Waals surface area contributed by atoms with Gasteiger partial charge in [0.15, 0.2) is 5.75 Å². The van der Waals surface area contributed by atoms with E-state index >= 15 is 0 Å². The largest absolute Gasteiger partial charge is 0.573 e. The minimum Gasteiger partial charge on any atom is -0.469 e. The monoisotopic (exact) mass is 390 g/mol. The molecule has 0 spiro atoms. The summed E-state index contributed by atoms with van der Waals surface area (Å²) in [6.07, 6.45) is -4.14. The molecule has 0 amide bonds. The topological polar surface area (TPSA) is 74.4 Å². The summed E-state index contributed by atoms with van der Waals surface area (Å²) in [6.45, 7) is -0.212. The average Bonchev–Trinajstić information content (AvgIpc) is 2.31. The maximum absolute atomic E-state index is 12.2. The number of rotatable bonds is 4. The number of ether oxygens (including phenoxy) is 2. The molecule has 5 nitrogen and oxygen atoms in total. The second-order valence-electron chi connectivity index (χ2n) is 3.38. The van der Waals surface area contributed by atoms with E-state index < -0.39 is 18.1 Å². The van der Waals surface area contributed by atoms with Crippen LogP contribution in [0.1, 0.15) is 11.1 Å². The highest BCUT2D eigenvalue weighted by Crippen LogP contribution is 2.30. The lowest BCUT2D eigenvalue weighted by Gasteiger charge is -2.15. The van der Waals surface area contributed by atoms with Crippen LogP contribution in [0.4, 0.5) is 13.2 Å². The fraction of sp³-hybridized carbons (Fsp3) is 0.400. The number of aromatic nitrogens is 1. The molecule has 0 aliphatic heterocycles. The maximum Gasteiger partial charge on any atom is 0.573 e. The summed E-state index contributed by atoms with van der Waals surface area (Å²) in [6, 6.07) is 0. The molecule has 2 N–H and O–H groups in total. The Morgan fingerprint density at radius 3 is 2.58 bits per heavy atom. The van der Waals surface area contributed by atoms with Crippen LogP contribution in [0.25, 0.3) is 0 Å². The van der Waals surface area contributed by atoms with Crippen LogP contribution in [0.15, 0.2) is 6.20 Å². The second-order valence-corrected chi connectivity index (χ2v) is 4.40. The van der Waals surface area contributed by atoms with Crippen molar-refractivity contribution in [2.24, 2.45) is 5.73 Å². The molecule has 1 rings (SSSR count). The Bertz CT molecular complexity index is 480. The highest BCUT2D eigenvalue weighted by atomic mass is 127. The highest BCUT2D eigenvalue weighted by molar-refractivity contribution is 14.1. The molecular formula is C10H10F3IN2O3. The van der Waals surface area contributed by atoms with Crippen LogP contribution in [0.5, 0.6) is 5.75 Å². The molecule has 1 heterocycles. The lowest BCUT2D eigenvalue weighted by Crippen LogP contribution is -2.21. The molecule has 0 saturated heterocycles. The van der Waals surface area contributed by atoms with Crippen molar-refractivity contribution in [3.63, 3.8) is 0 Å². The number of pyridine rings is 1. The van der Waals surface area contributed by atoms with Crippen LogP contribution >= 0.6 is 22.6 Å². The van der Waals surface area contributed by atoms with Gasteiger partial charge in [0.25, 0.3) is 0 Å². The zero-order chi connectivity index (χ0) is 14.6. The normalized spacial score (nSPS) is 11.3. The van der Waals surface area contributed by atoms with Gasteiger partial charge in [-0.3, -0.25) is 4.79 Å². The van der Waals surface area contributed by atoms with Crippen LogP contribution in [0.2, 0.25) is 0 Å². The van der Waals surface area contributed by atoms with Crippen molar-refractivity contribution in [1.29, 1.82) is 0 Å². The van der Waals surface area contributed by atoms with E-state index in [4.69, 9.17) is 5.73 Å². The number of alkyl halides is 3. The van der Waals surface area contributed by atoms with Crippen LogP contribution in [-0.2, 0) is 22.5 Å². The van der Waals surface area contributed by atoms with E-state index in [0.717, 1.165) is 6.20 Å². The molecule has 1 aromatic rings. The first-order chi connectivity index (χ1) is 8.78. The SMILES string of the molecule is COC(=O)Cc1c(I)ncc(OC(F)(F)F)c1CN. The van der Waals surface area contributed by atoms with Crippen LogP contribution < -0.4 is 10.5 Å². The number of nitrogens with two attached hydrogens (primary N) is 1. The number of hydrogen-bond acceptors (Lipinski definition) is 5. The molecule has 9 heteroatoms. The van der Waals surface area contributed by atoms with Gasteiger partial charge < -0.3 is 15.2 Å². The summed E-state index contributed by atoms with van der Waals surface area (Å²) < 4.78 is 45.4. The maximum atomic E-state index is 12.2. The molecule has 19 heavy (non-hydrogen) atoms. The Hall–Kier alpha value is -1.10. The number of esters is 1. The first-order valence-electron chi connectivity index (χ1n) is 4.97. The van der Waals surface area contributed by atoms with Crippen molar-refractivity contribution in [3.05, 3.63) is 21.0 Å². The van der Waals surface area contributed by atoms with Crippen molar-refractivity contribution < 1.29 is 27.4 Å². The summed E-state index contributed by atoms with van der Waals surface area (Å²) in [7, 11) is 1.18. The van der Waals surface area contributed by atoms with Crippen LogP contribution in [0, 0.1) is 3.70 Å². The van der Waals surface area contributed by atoms with Gasteiger partial charge in [0, 0.05) is 17.7 Å². The lowest BCUT2D eigenvalue weighted by atomic mass is 10.1. The summed E-state index contributed by atoms with van der Waals surface area (Å²) in [5, 5.41) is 0. The molecular weight excluding hydrogens is 380 g/mol. The molecule has 0 fully saturated rings. The number of carbonyl (C=O) groups excluding carboxylic acids is 1. The standard InChI is InChI=1S/C10H10F3IN2O3/c1-18-8(17)2-5-6(3-15)7(4-16-9(5)14)19-10(11,12)13/h4H,2-3,15H2,1H3. The Morgan fingerprint density at radius 2 is 2.11 bits per heavy atom. The molecule has 0 radical (unpaired) electrons. The van der Waals surface area contributed by atoms with Crippen molar-refractivity contribution in [3.8, 4) is 5.75 Å². The van der Waals surface area contributed by atoms with E-state index in [1.165, 1.54) is 7.11 Å². The molecule has 0 bridgehead atoms. The van der Waals surface area contributed by atoms with Gasteiger partial charge in [0.2, 0.25) is 0 Å². The molecule has 0 unspecified atom stereocenters. The summed E-state index contributed by atoms with van der Waals surface area (Å²) in [5.74, 6) is -1.10. The van der Waals surface area contributed by atoms with Gasteiger partial charge in [-0.1, -0.05) is 0 Å². The third-order valence-electron chi connectivity index (χ3n) is 2.18. The van der Waals surface area contributed by atoms with Crippen molar-refractivity contribution >= 4 is 28.6 Å². The van der Waals surface area contributed by atoms with E-state index in [9.17, 15) is 18.0 Å². The van der Waals surface area contributed by atoms with E-state index in [1.807, 2.05) is 0 Å². The van der Waals surface area contributed by atoms with Gasteiger partial charge >= 0.3 is 12.3 Å². The minimum atomic E-state index is -4.85. The number of halogens is 4. The lowest BCUT2D eigenvalue weighted by molar-refractivity contribution is -0.275. The van der Waals surface area contributed by atoms with Crippen molar-refractivity contribution in [2.45, 2.75) is 19.3 Å². The van der Waals surface area contributed by atoms with Gasteiger partial charge in [0.05, 0.1) is 19.7 Å². The zero-order valence-corrected chi connectivity index (χ0v) is 11.9. The first-order valence-corrected chi connectivity index (χ1v) is 6.05. The number of carbonyl (C=O) groups is 1. The molecule has 106 valence electrons. The fourth-order valence-electron chi connectivity index (χ4n) is 1.38. The van der Waals surface area contributed by atoms with E-state index in [2.05, 4.69) is 14.5 Å². The van der Waals surface area contributed by atoms with Crippen LogP contribution in [0.3, 0.4) is 0 Å². The molecule has 0 saturated carbocycles. The Morgan fingerprint density at radius 1 is 1.47 bits per heavy atom. The first kappa shape index (κ1) is 16.0. The minimum absolute atomic E-state index is 0.0853. The van der Waals surface area contributed by atoms with Gasteiger partial charge in [0.1, 0.15) is 3.70 Å². The number of methoxy groups -OCH3 is 1. The molecule has 1 aromatic heterocycles. The quantitative estimate of drug-likeness (QED) is 0.482. The van der Waals surface area contributed by atoms with E-state index in [-0.39, 0.29) is 24.1 Å². The van der Waals surface area contributed by atoms with Gasteiger partial charge in [-0.25, -0.2) is 4.98 Å². The van der Waals surface area contributed by atoms with Gasteiger partial charge in [-0.15, -0.1) is 13.2 Å². The van der Waals surface area contributed by atoms with E-state index in [1.54, 1.807) is 22.6 Å². The van der Waals surface area contributed by atoms with Crippen molar-refractivity contribution in [2.75, 3.05) is 7.11 Å².